The smallest absolute Gasteiger partial charge is 0.262 e. The van der Waals surface area contributed by atoms with Crippen molar-refractivity contribution < 1.29 is 9.32 Å². The summed E-state index contributed by atoms with van der Waals surface area (Å²) in [5.74, 6) is 0.0851. The second-order valence-electron chi connectivity index (χ2n) is 6.40. The van der Waals surface area contributed by atoms with Crippen LogP contribution in [0.2, 0.25) is 0 Å². The van der Waals surface area contributed by atoms with E-state index >= 15 is 0 Å². The third kappa shape index (κ3) is 3.24. The highest BCUT2D eigenvalue weighted by Gasteiger charge is 2.30. The van der Waals surface area contributed by atoms with Crippen LogP contribution < -0.4 is 10.9 Å². The third-order valence-corrected chi connectivity index (χ3v) is 5.28. The van der Waals surface area contributed by atoms with E-state index in [9.17, 15) is 9.59 Å². The first-order valence-electron chi connectivity index (χ1n) is 8.45. The summed E-state index contributed by atoms with van der Waals surface area (Å²) >= 11 is 1.28. The molecule has 0 bridgehead atoms. The number of aryl methyl sites for hydroxylation is 1. The number of anilines is 1. The normalized spacial score (nSPS) is 15.2. The van der Waals surface area contributed by atoms with Crippen molar-refractivity contribution >= 4 is 34.5 Å². The lowest BCUT2D eigenvalue weighted by molar-refractivity contribution is -0.115. The van der Waals surface area contributed by atoms with Crippen LogP contribution in [-0.2, 0) is 4.79 Å². The molecule has 1 unspecified atom stereocenters. The Morgan fingerprint density at radius 1 is 1.38 bits per heavy atom. The fourth-order valence-corrected chi connectivity index (χ4v) is 3.70. The number of benzene rings is 1. The lowest BCUT2D eigenvalue weighted by Crippen LogP contribution is -2.26. The van der Waals surface area contributed by atoms with Crippen molar-refractivity contribution in [2.24, 2.45) is 0 Å². The average molecular weight is 370 g/mol. The molecule has 1 atom stereocenters. The topological polar surface area (TPSA) is 90.0 Å². The number of amides is 1. The van der Waals surface area contributed by atoms with Crippen molar-refractivity contribution in [1.82, 2.24) is 14.7 Å². The van der Waals surface area contributed by atoms with Crippen molar-refractivity contribution in [3.63, 3.8) is 0 Å². The zero-order valence-electron chi connectivity index (χ0n) is 14.4. The molecule has 2 heterocycles. The van der Waals surface area contributed by atoms with Crippen molar-refractivity contribution in [1.29, 1.82) is 0 Å². The Balaban J connectivity index is 1.62. The van der Waals surface area contributed by atoms with Gasteiger partial charge in [-0.3, -0.25) is 19.5 Å². The summed E-state index contributed by atoms with van der Waals surface area (Å²) in [7, 11) is 0. The van der Waals surface area contributed by atoms with E-state index in [-0.39, 0.29) is 17.5 Å². The summed E-state index contributed by atoms with van der Waals surface area (Å²) in [4.78, 5) is 29.9. The van der Waals surface area contributed by atoms with Gasteiger partial charge in [0.1, 0.15) is 0 Å². The number of nitrogens with one attached hydrogen (secondary N) is 1. The summed E-state index contributed by atoms with van der Waals surface area (Å²) < 4.78 is 6.75. The standard InChI is InChI=1S/C18H18N4O3S/c1-10-9-15(25-21-10)20-16(23)11(2)26-18-19-14-6-4-3-5-13(14)17(24)22(18)12-7-8-12/h3-6,9,11-12H,7-8H2,1-2H3,(H,20,23). The highest BCUT2D eigenvalue weighted by molar-refractivity contribution is 8.00. The molecule has 1 amide bonds. The fraction of sp³-hybridized carbons (Fsp3) is 0.333. The minimum Gasteiger partial charge on any atom is -0.338 e. The second kappa shape index (κ2) is 6.60. The lowest BCUT2D eigenvalue weighted by atomic mass is 10.2. The highest BCUT2D eigenvalue weighted by Crippen LogP contribution is 2.37. The molecule has 1 aliphatic carbocycles. The van der Waals surface area contributed by atoms with E-state index in [1.165, 1.54) is 11.8 Å². The van der Waals surface area contributed by atoms with E-state index in [0.717, 1.165) is 12.8 Å². The van der Waals surface area contributed by atoms with Gasteiger partial charge in [0.15, 0.2) is 5.16 Å². The Kier molecular flexibility index (Phi) is 4.28. The van der Waals surface area contributed by atoms with Gasteiger partial charge in [-0.1, -0.05) is 29.1 Å². The number of hydrogen-bond donors (Lipinski definition) is 1. The van der Waals surface area contributed by atoms with Gasteiger partial charge in [0.2, 0.25) is 11.8 Å². The van der Waals surface area contributed by atoms with Gasteiger partial charge >= 0.3 is 0 Å². The Hall–Kier alpha value is -2.61. The number of aromatic nitrogens is 3. The number of thioether (sulfide) groups is 1. The summed E-state index contributed by atoms with van der Waals surface area (Å²) in [6.45, 7) is 3.56. The Morgan fingerprint density at radius 2 is 2.15 bits per heavy atom. The van der Waals surface area contributed by atoms with Gasteiger partial charge in [-0.05, 0) is 38.8 Å². The van der Waals surface area contributed by atoms with Crippen LogP contribution in [0.4, 0.5) is 5.88 Å². The quantitative estimate of drug-likeness (QED) is 0.548. The van der Waals surface area contributed by atoms with Crippen LogP contribution in [0, 0.1) is 6.92 Å². The van der Waals surface area contributed by atoms with Crippen LogP contribution in [0.5, 0.6) is 0 Å². The minimum atomic E-state index is -0.446. The molecule has 1 aliphatic rings. The number of hydrogen-bond acceptors (Lipinski definition) is 6. The number of nitrogens with zero attached hydrogens (tertiary/aromatic N) is 3. The van der Waals surface area contributed by atoms with E-state index in [1.54, 1.807) is 30.5 Å². The molecular weight excluding hydrogens is 352 g/mol. The number of para-hydroxylation sites is 1. The molecule has 0 spiro atoms. The Bertz CT molecular complexity index is 1040. The molecule has 1 aromatic carbocycles. The van der Waals surface area contributed by atoms with E-state index < -0.39 is 5.25 Å². The number of carbonyl (C=O) groups is 1. The maximum atomic E-state index is 12.9. The first kappa shape index (κ1) is 16.8. The highest BCUT2D eigenvalue weighted by atomic mass is 32.2. The second-order valence-corrected chi connectivity index (χ2v) is 7.71. The van der Waals surface area contributed by atoms with E-state index in [1.807, 2.05) is 18.2 Å². The summed E-state index contributed by atoms with van der Waals surface area (Å²) in [5.41, 5.74) is 1.30. The first-order chi connectivity index (χ1) is 12.5. The number of rotatable bonds is 5. The van der Waals surface area contributed by atoms with Gasteiger partial charge in [0.05, 0.1) is 21.8 Å². The Morgan fingerprint density at radius 3 is 2.85 bits per heavy atom. The molecule has 0 radical (unpaired) electrons. The molecule has 1 saturated carbocycles. The molecule has 26 heavy (non-hydrogen) atoms. The van der Waals surface area contributed by atoms with Gasteiger partial charge in [-0.2, -0.15) is 0 Å². The Labute approximate surface area is 153 Å². The third-order valence-electron chi connectivity index (χ3n) is 4.21. The molecule has 8 heteroatoms. The van der Waals surface area contributed by atoms with Crippen LogP contribution in [-0.4, -0.2) is 25.9 Å². The summed E-state index contributed by atoms with van der Waals surface area (Å²) in [6, 6.07) is 9.14. The minimum absolute atomic E-state index is 0.0425. The molecule has 134 valence electrons. The molecular formula is C18H18N4O3S. The van der Waals surface area contributed by atoms with Crippen LogP contribution in [0.15, 0.2) is 44.8 Å². The zero-order chi connectivity index (χ0) is 18.3. The molecule has 1 N–H and O–H groups in total. The molecule has 1 fully saturated rings. The van der Waals surface area contributed by atoms with E-state index in [4.69, 9.17) is 4.52 Å². The maximum absolute atomic E-state index is 12.9. The zero-order valence-corrected chi connectivity index (χ0v) is 15.2. The van der Waals surface area contributed by atoms with Gasteiger partial charge in [0.25, 0.3) is 5.56 Å². The first-order valence-corrected chi connectivity index (χ1v) is 9.33. The summed E-state index contributed by atoms with van der Waals surface area (Å²) in [6.07, 6.45) is 1.93. The summed E-state index contributed by atoms with van der Waals surface area (Å²) in [5, 5.41) is 7.18. The van der Waals surface area contributed by atoms with Gasteiger partial charge in [-0.15, -0.1) is 0 Å². The molecule has 4 rings (SSSR count). The van der Waals surface area contributed by atoms with Gasteiger partial charge < -0.3 is 4.52 Å². The molecule has 7 nitrogen and oxygen atoms in total. The van der Waals surface area contributed by atoms with Gasteiger partial charge in [0, 0.05) is 12.1 Å². The van der Waals surface area contributed by atoms with Crippen LogP contribution >= 0.6 is 11.8 Å². The SMILES string of the molecule is Cc1cc(NC(=O)C(C)Sc2nc3ccccc3c(=O)n2C2CC2)on1. The number of carbonyl (C=O) groups excluding carboxylic acids is 1. The van der Waals surface area contributed by atoms with E-state index in [0.29, 0.717) is 27.6 Å². The van der Waals surface area contributed by atoms with Crippen LogP contribution in [0.3, 0.4) is 0 Å². The predicted molar refractivity (Wildman–Crippen MR) is 99.5 cm³/mol. The van der Waals surface area contributed by atoms with Crippen LogP contribution in [0.25, 0.3) is 10.9 Å². The molecule has 0 aliphatic heterocycles. The van der Waals surface area contributed by atoms with Crippen molar-refractivity contribution in [3.8, 4) is 0 Å². The molecule has 0 saturated heterocycles. The van der Waals surface area contributed by atoms with Crippen molar-refractivity contribution in [2.75, 3.05) is 5.32 Å². The maximum Gasteiger partial charge on any atom is 0.262 e. The monoisotopic (exact) mass is 370 g/mol. The molecule has 2 aromatic heterocycles. The molecule has 3 aromatic rings. The van der Waals surface area contributed by atoms with Crippen molar-refractivity contribution in [2.45, 2.75) is 43.1 Å². The fourth-order valence-electron chi connectivity index (χ4n) is 2.72. The van der Waals surface area contributed by atoms with Crippen molar-refractivity contribution in [3.05, 3.63) is 46.4 Å². The predicted octanol–water partition coefficient (Wildman–Crippen LogP) is 3.15. The van der Waals surface area contributed by atoms with Gasteiger partial charge in [-0.25, -0.2) is 4.98 Å². The number of fused-ring (bicyclic) bond motifs is 1. The largest absolute Gasteiger partial charge is 0.338 e. The average Bonchev–Trinajstić information content (AvgIpc) is 3.37. The lowest BCUT2D eigenvalue weighted by Gasteiger charge is -2.15. The van der Waals surface area contributed by atoms with Crippen LogP contribution in [0.1, 0.15) is 31.5 Å². The van der Waals surface area contributed by atoms with E-state index in [2.05, 4.69) is 15.5 Å².